The van der Waals surface area contributed by atoms with Gasteiger partial charge in [-0.1, -0.05) is 12.1 Å². The van der Waals surface area contributed by atoms with E-state index >= 15 is 0 Å². The first kappa shape index (κ1) is 15.1. The minimum Gasteiger partial charge on any atom is -0.497 e. The molecule has 0 saturated heterocycles. The molecule has 118 valence electrons. The van der Waals surface area contributed by atoms with E-state index in [1.54, 1.807) is 7.11 Å². The smallest absolute Gasteiger partial charge is 0.229 e. The van der Waals surface area contributed by atoms with E-state index in [-0.39, 0.29) is 23.6 Å². The largest absolute Gasteiger partial charge is 0.497 e. The minimum atomic E-state index is -0.237. The number of aromatic nitrogens is 2. The van der Waals surface area contributed by atoms with Crippen molar-refractivity contribution in [1.82, 2.24) is 9.97 Å². The van der Waals surface area contributed by atoms with Crippen LogP contribution in [0.5, 0.6) is 5.75 Å². The van der Waals surface area contributed by atoms with Gasteiger partial charge in [-0.2, -0.15) is 0 Å². The summed E-state index contributed by atoms with van der Waals surface area (Å²) in [4.78, 5) is 31.8. The number of hydrogen-bond acceptors (Lipinski definition) is 5. The monoisotopic (exact) mass is 311 g/mol. The number of Topliss-reactive ketones (excluding diaryl/α,β-unsaturated/α-hetero) is 1. The molecule has 6 heteroatoms. The van der Waals surface area contributed by atoms with Gasteiger partial charge in [0.1, 0.15) is 5.75 Å². The molecule has 2 aromatic rings. The molecule has 1 aliphatic rings. The minimum absolute atomic E-state index is 0.0291. The van der Waals surface area contributed by atoms with Gasteiger partial charge in [0.25, 0.3) is 0 Å². The second-order valence-corrected chi connectivity index (χ2v) is 5.54. The van der Waals surface area contributed by atoms with Crippen LogP contribution in [-0.2, 0) is 11.2 Å². The molecule has 0 spiro atoms. The summed E-state index contributed by atoms with van der Waals surface area (Å²) in [6.07, 6.45) is 2.57. The Morgan fingerprint density at radius 3 is 2.65 bits per heavy atom. The molecule has 1 heterocycles. The predicted octanol–water partition coefficient (Wildman–Crippen LogP) is 2.36. The van der Waals surface area contributed by atoms with Crippen LogP contribution >= 0.6 is 0 Å². The molecule has 1 amide bonds. The van der Waals surface area contributed by atoms with E-state index in [1.807, 2.05) is 24.3 Å². The Hall–Kier alpha value is -2.76. The lowest BCUT2D eigenvalue weighted by Gasteiger charge is -2.23. The molecule has 0 saturated carbocycles. The van der Waals surface area contributed by atoms with Crippen LogP contribution in [0.1, 0.15) is 40.9 Å². The first-order chi connectivity index (χ1) is 11.1. The van der Waals surface area contributed by atoms with Crippen LogP contribution in [0.25, 0.3) is 0 Å². The number of carbonyl (C=O) groups excluding carboxylic acids is 2. The fraction of sp³-hybridized carbons (Fsp3) is 0.294. The first-order valence-corrected chi connectivity index (χ1v) is 7.37. The third-order valence-corrected chi connectivity index (χ3v) is 3.91. The predicted molar refractivity (Wildman–Crippen MR) is 84.7 cm³/mol. The quantitative estimate of drug-likeness (QED) is 0.941. The maximum absolute atomic E-state index is 12.3. The molecule has 0 unspecified atom stereocenters. The summed E-state index contributed by atoms with van der Waals surface area (Å²) in [6.45, 7) is 1.40. The normalized spacial score (nSPS) is 16.6. The van der Waals surface area contributed by atoms with Crippen LogP contribution in [0.15, 0.2) is 30.5 Å². The van der Waals surface area contributed by atoms with E-state index < -0.39 is 0 Å². The van der Waals surface area contributed by atoms with Gasteiger partial charge in [0.05, 0.1) is 18.4 Å². The summed E-state index contributed by atoms with van der Waals surface area (Å²) in [7, 11) is 1.62. The third-order valence-electron chi connectivity index (χ3n) is 3.91. The Morgan fingerprint density at radius 2 is 2.00 bits per heavy atom. The molecule has 23 heavy (non-hydrogen) atoms. The lowest BCUT2D eigenvalue weighted by Crippen LogP contribution is -2.22. The van der Waals surface area contributed by atoms with Crippen LogP contribution in [0.2, 0.25) is 0 Å². The van der Waals surface area contributed by atoms with Crippen LogP contribution < -0.4 is 10.1 Å². The van der Waals surface area contributed by atoms with Gasteiger partial charge in [-0.15, -0.1) is 0 Å². The van der Waals surface area contributed by atoms with E-state index in [2.05, 4.69) is 15.3 Å². The van der Waals surface area contributed by atoms with Gasteiger partial charge < -0.3 is 4.74 Å². The van der Waals surface area contributed by atoms with E-state index in [1.165, 1.54) is 13.1 Å². The average molecular weight is 311 g/mol. The summed E-state index contributed by atoms with van der Waals surface area (Å²) in [5.41, 5.74) is 2.30. The van der Waals surface area contributed by atoms with Crippen LogP contribution in [0, 0.1) is 0 Å². The van der Waals surface area contributed by atoms with Crippen molar-refractivity contribution in [3.05, 3.63) is 47.3 Å². The number of anilines is 1. The maximum atomic E-state index is 12.3. The van der Waals surface area contributed by atoms with Crippen molar-refractivity contribution >= 4 is 17.6 Å². The Morgan fingerprint density at radius 1 is 1.26 bits per heavy atom. The number of amides is 1. The SMILES string of the molecule is COc1ccc([C@@H]2CC(=O)c3cnc(NC(C)=O)nc3C2)cc1. The average Bonchev–Trinajstić information content (AvgIpc) is 2.54. The van der Waals surface area contributed by atoms with Crippen molar-refractivity contribution < 1.29 is 14.3 Å². The fourth-order valence-electron chi connectivity index (χ4n) is 2.77. The number of nitrogens with one attached hydrogen (secondary N) is 1. The second-order valence-electron chi connectivity index (χ2n) is 5.54. The molecular weight excluding hydrogens is 294 g/mol. The number of carbonyl (C=O) groups is 2. The van der Waals surface area contributed by atoms with Crippen molar-refractivity contribution in [2.75, 3.05) is 12.4 Å². The van der Waals surface area contributed by atoms with Gasteiger partial charge in [-0.25, -0.2) is 9.97 Å². The maximum Gasteiger partial charge on any atom is 0.229 e. The third kappa shape index (κ3) is 3.21. The number of fused-ring (bicyclic) bond motifs is 1. The van der Waals surface area contributed by atoms with Gasteiger partial charge in [-0.05, 0) is 30.0 Å². The fourth-order valence-corrected chi connectivity index (χ4v) is 2.77. The zero-order valence-corrected chi connectivity index (χ0v) is 13.0. The van der Waals surface area contributed by atoms with E-state index in [4.69, 9.17) is 4.74 Å². The Kier molecular flexibility index (Phi) is 4.06. The van der Waals surface area contributed by atoms with Crippen molar-refractivity contribution in [2.45, 2.75) is 25.7 Å². The lowest BCUT2D eigenvalue weighted by atomic mass is 9.82. The van der Waals surface area contributed by atoms with Gasteiger partial charge in [0.15, 0.2) is 5.78 Å². The second kappa shape index (κ2) is 6.16. The number of rotatable bonds is 3. The lowest BCUT2D eigenvalue weighted by molar-refractivity contribution is -0.114. The standard InChI is InChI=1S/C17H17N3O3/c1-10(21)19-17-18-9-14-15(20-17)7-12(8-16(14)22)11-3-5-13(23-2)6-4-11/h3-6,9,12H,7-8H2,1-2H3,(H,18,19,20,21)/t12-/m0/s1. The molecule has 0 fully saturated rings. The Bertz CT molecular complexity index is 756. The number of ketones is 1. The van der Waals surface area contributed by atoms with E-state index in [0.717, 1.165) is 11.3 Å². The van der Waals surface area contributed by atoms with Crippen molar-refractivity contribution in [3.8, 4) is 5.75 Å². The highest BCUT2D eigenvalue weighted by atomic mass is 16.5. The van der Waals surface area contributed by atoms with Gasteiger partial charge in [0.2, 0.25) is 11.9 Å². The summed E-state index contributed by atoms with van der Waals surface area (Å²) in [5, 5.41) is 2.55. The molecule has 1 aromatic carbocycles. The molecule has 6 nitrogen and oxygen atoms in total. The van der Waals surface area contributed by atoms with Crippen molar-refractivity contribution in [2.24, 2.45) is 0 Å². The molecule has 1 aromatic heterocycles. The zero-order valence-electron chi connectivity index (χ0n) is 13.0. The summed E-state index contributed by atoms with van der Waals surface area (Å²) < 4.78 is 5.16. The highest BCUT2D eigenvalue weighted by molar-refractivity contribution is 5.98. The van der Waals surface area contributed by atoms with Crippen LogP contribution in [0.3, 0.4) is 0 Å². The molecule has 0 bridgehead atoms. The van der Waals surface area contributed by atoms with E-state index in [9.17, 15) is 9.59 Å². The van der Waals surface area contributed by atoms with Gasteiger partial charge >= 0.3 is 0 Å². The van der Waals surface area contributed by atoms with Crippen LogP contribution in [-0.4, -0.2) is 28.8 Å². The first-order valence-electron chi connectivity index (χ1n) is 7.37. The topological polar surface area (TPSA) is 81.2 Å². The Balaban J connectivity index is 1.88. The zero-order chi connectivity index (χ0) is 16.4. The van der Waals surface area contributed by atoms with Crippen LogP contribution in [0.4, 0.5) is 5.95 Å². The molecule has 0 aliphatic heterocycles. The number of methoxy groups -OCH3 is 1. The number of benzene rings is 1. The number of ether oxygens (including phenoxy) is 1. The molecule has 1 N–H and O–H groups in total. The van der Waals surface area contributed by atoms with Crippen molar-refractivity contribution in [1.29, 1.82) is 0 Å². The summed E-state index contributed by atoms with van der Waals surface area (Å²) in [5.74, 6) is 0.882. The highest BCUT2D eigenvalue weighted by Gasteiger charge is 2.28. The summed E-state index contributed by atoms with van der Waals surface area (Å²) >= 11 is 0. The highest BCUT2D eigenvalue weighted by Crippen LogP contribution is 2.32. The number of hydrogen-bond donors (Lipinski definition) is 1. The number of nitrogens with zero attached hydrogens (tertiary/aromatic N) is 2. The van der Waals surface area contributed by atoms with E-state index in [0.29, 0.717) is 24.1 Å². The van der Waals surface area contributed by atoms with Gasteiger partial charge in [-0.3, -0.25) is 14.9 Å². The molecular formula is C17H17N3O3. The molecule has 0 radical (unpaired) electrons. The van der Waals surface area contributed by atoms with Crippen molar-refractivity contribution in [3.63, 3.8) is 0 Å². The molecule has 3 rings (SSSR count). The van der Waals surface area contributed by atoms with Gasteiger partial charge in [0, 0.05) is 19.5 Å². The Labute approximate surface area is 133 Å². The molecule has 1 atom stereocenters. The molecule has 1 aliphatic carbocycles. The summed E-state index contributed by atoms with van der Waals surface area (Å²) in [6, 6.07) is 7.71.